The van der Waals surface area contributed by atoms with Crippen molar-refractivity contribution < 1.29 is 23.4 Å². The van der Waals surface area contributed by atoms with E-state index in [0.717, 1.165) is 17.3 Å². The lowest BCUT2D eigenvalue weighted by Crippen LogP contribution is -2.24. The molecule has 1 amide bonds. The molecule has 3 aromatic rings. The maximum absolute atomic E-state index is 12.1. The molecule has 0 fully saturated rings. The molecule has 150 valence electrons. The monoisotopic (exact) mass is 433 g/mol. The topological polar surface area (TPSA) is 95.7 Å². The number of carbonyl (C=O) groups excluding carboxylic acids is 1. The zero-order valence-corrected chi connectivity index (χ0v) is 16.7. The lowest BCUT2D eigenvalue weighted by molar-refractivity contribution is -0.118. The SMILES string of the molecule is O=C(CSc1nnc(COc2ccc(Cl)cc2)o1)NCc1ccc2c(c1)OCO2. The molecule has 0 saturated heterocycles. The summed E-state index contributed by atoms with van der Waals surface area (Å²) >= 11 is 6.99. The Morgan fingerprint density at radius 2 is 1.97 bits per heavy atom. The fraction of sp³-hybridized carbons (Fsp3) is 0.211. The number of ether oxygens (including phenoxy) is 3. The van der Waals surface area contributed by atoms with Crippen LogP contribution in [0.1, 0.15) is 11.5 Å². The molecule has 2 heterocycles. The first-order valence-electron chi connectivity index (χ1n) is 8.64. The van der Waals surface area contributed by atoms with Gasteiger partial charge in [-0.3, -0.25) is 4.79 Å². The van der Waals surface area contributed by atoms with Crippen molar-refractivity contribution in [3.63, 3.8) is 0 Å². The summed E-state index contributed by atoms with van der Waals surface area (Å²) in [5, 5.41) is 11.6. The van der Waals surface area contributed by atoms with Gasteiger partial charge in [-0.05, 0) is 42.0 Å². The van der Waals surface area contributed by atoms with E-state index in [2.05, 4.69) is 15.5 Å². The summed E-state index contributed by atoms with van der Waals surface area (Å²) in [6, 6.07) is 12.5. The normalized spacial score (nSPS) is 12.0. The highest BCUT2D eigenvalue weighted by Gasteiger charge is 2.14. The van der Waals surface area contributed by atoms with Gasteiger partial charge >= 0.3 is 0 Å². The summed E-state index contributed by atoms with van der Waals surface area (Å²) in [5.74, 6) is 2.37. The van der Waals surface area contributed by atoms with Crippen molar-refractivity contribution in [1.29, 1.82) is 0 Å². The highest BCUT2D eigenvalue weighted by atomic mass is 35.5. The van der Waals surface area contributed by atoms with Crippen molar-refractivity contribution in [3.05, 3.63) is 58.9 Å². The number of benzene rings is 2. The van der Waals surface area contributed by atoms with Crippen LogP contribution in [0.4, 0.5) is 0 Å². The van der Waals surface area contributed by atoms with Crippen molar-refractivity contribution in [2.75, 3.05) is 12.5 Å². The Labute approximate surface area is 175 Å². The van der Waals surface area contributed by atoms with Crippen molar-refractivity contribution in [2.24, 2.45) is 0 Å². The molecule has 0 aliphatic carbocycles. The molecule has 0 bridgehead atoms. The first-order chi connectivity index (χ1) is 14.2. The minimum absolute atomic E-state index is 0.130. The summed E-state index contributed by atoms with van der Waals surface area (Å²) in [5.41, 5.74) is 0.923. The number of hydrogen-bond acceptors (Lipinski definition) is 8. The third kappa shape index (κ3) is 5.33. The molecule has 1 N–H and O–H groups in total. The Bertz CT molecular complexity index is 996. The predicted octanol–water partition coefficient (Wildman–Crippen LogP) is 3.44. The Hall–Kier alpha value is -2.91. The number of aromatic nitrogens is 2. The van der Waals surface area contributed by atoms with E-state index in [-0.39, 0.29) is 25.1 Å². The molecule has 0 radical (unpaired) electrons. The van der Waals surface area contributed by atoms with E-state index in [1.54, 1.807) is 24.3 Å². The maximum atomic E-state index is 12.1. The lowest BCUT2D eigenvalue weighted by Gasteiger charge is -2.05. The quantitative estimate of drug-likeness (QED) is 0.540. The molecule has 1 aromatic heterocycles. The molecule has 2 aromatic carbocycles. The van der Waals surface area contributed by atoms with Gasteiger partial charge in [0.2, 0.25) is 12.7 Å². The van der Waals surface area contributed by atoms with Crippen LogP contribution in [-0.2, 0) is 17.9 Å². The van der Waals surface area contributed by atoms with Crippen LogP contribution in [-0.4, -0.2) is 28.7 Å². The number of thioether (sulfide) groups is 1. The molecule has 0 spiro atoms. The van der Waals surface area contributed by atoms with Crippen LogP contribution >= 0.6 is 23.4 Å². The van der Waals surface area contributed by atoms with Gasteiger partial charge in [0.25, 0.3) is 11.1 Å². The third-order valence-electron chi connectivity index (χ3n) is 3.88. The Kier molecular flexibility index (Phi) is 6.06. The zero-order chi connectivity index (χ0) is 20.1. The lowest BCUT2D eigenvalue weighted by atomic mass is 10.2. The van der Waals surface area contributed by atoms with Crippen LogP contribution in [0.25, 0.3) is 0 Å². The number of fused-ring (bicyclic) bond motifs is 1. The Morgan fingerprint density at radius 1 is 1.14 bits per heavy atom. The van der Waals surface area contributed by atoms with Crippen LogP contribution in [0.15, 0.2) is 52.1 Å². The molecule has 8 nitrogen and oxygen atoms in total. The maximum Gasteiger partial charge on any atom is 0.277 e. The number of carbonyl (C=O) groups is 1. The smallest absolute Gasteiger partial charge is 0.277 e. The average molecular weight is 434 g/mol. The molecule has 29 heavy (non-hydrogen) atoms. The molecule has 0 saturated carbocycles. The highest BCUT2D eigenvalue weighted by Crippen LogP contribution is 2.32. The van der Waals surface area contributed by atoms with Crippen LogP contribution < -0.4 is 19.5 Å². The van der Waals surface area contributed by atoms with E-state index in [1.165, 1.54) is 0 Å². The average Bonchev–Trinajstić information content (AvgIpc) is 3.39. The van der Waals surface area contributed by atoms with Gasteiger partial charge in [-0.15, -0.1) is 10.2 Å². The summed E-state index contributed by atoms with van der Waals surface area (Å²) < 4.78 is 21.6. The molecular weight excluding hydrogens is 418 g/mol. The zero-order valence-electron chi connectivity index (χ0n) is 15.1. The minimum atomic E-state index is -0.148. The fourth-order valence-electron chi connectivity index (χ4n) is 2.46. The number of rotatable bonds is 8. The van der Waals surface area contributed by atoms with Gasteiger partial charge in [0.05, 0.1) is 5.75 Å². The van der Waals surface area contributed by atoms with Crippen molar-refractivity contribution in [1.82, 2.24) is 15.5 Å². The Morgan fingerprint density at radius 3 is 2.83 bits per heavy atom. The van der Waals surface area contributed by atoms with Crippen LogP contribution in [0.3, 0.4) is 0 Å². The van der Waals surface area contributed by atoms with Gasteiger partial charge < -0.3 is 23.9 Å². The molecule has 1 aliphatic heterocycles. The van der Waals surface area contributed by atoms with Gasteiger partial charge in [0.1, 0.15) is 5.75 Å². The number of amides is 1. The first-order valence-corrected chi connectivity index (χ1v) is 10.0. The fourth-order valence-corrected chi connectivity index (χ4v) is 3.20. The van der Waals surface area contributed by atoms with Crippen LogP contribution in [0.2, 0.25) is 5.02 Å². The molecule has 4 rings (SSSR count). The summed E-state index contributed by atoms with van der Waals surface area (Å²) in [4.78, 5) is 12.1. The number of nitrogens with zero attached hydrogens (tertiary/aromatic N) is 2. The summed E-state index contributed by atoms with van der Waals surface area (Å²) in [6.07, 6.45) is 0. The van der Waals surface area contributed by atoms with E-state index in [9.17, 15) is 4.79 Å². The number of halogens is 1. The summed E-state index contributed by atoms with van der Waals surface area (Å²) in [7, 11) is 0. The second-order valence-electron chi connectivity index (χ2n) is 5.96. The van der Waals surface area contributed by atoms with Gasteiger partial charge in [-0.25, -0.2) is 0 Å². The van der Waals surface area contributed by atoms with Crippen molar-refractivity contribution in [3.8, 4) is 17.2 Å². The van der Waals surface area contributed by atoms with Gasteiger partial charge in [0, 0.05) is 11.6 Å². The van der Waals surface area contributed by atoms with Crippen LogP contribution in [0.5, 0.6) is 17.2 Å². The molecule has 10 heteroatoms. The van der Waals surface area contributed by atoms with E-state index in [4.69, 9.17) is 30.2 Å². The molecular formula is C19H16ClN3O5S. The molecule has 0 unspecified atom stereocenters. The van der Waals surface area contributed by atoms with Crippen molar-refractivity contribution in [2.45, 2.75) is 18.4 Å². The van der Waals surface area contributed by atoms with Gasteiger partial charge in [-0.2, -0.15) is 0 Å². The largest absolute Gasteiger partial charge is 0.484 e. The van der Waals surface area contributed by atoms with E-state index >= 15 is 0 Å². The minimum Gasteiger partial charge on any atom is -0.484 e. The standard InChI is InChI=1S/C19H16ClN3O5S/c20-13-2-4-14(5-3-13)25-9-18-22-23-19(28-18)29-10-17(24)21-8-12-1-6-15-16(7-12)27-11-26-15/h1-7H,8-11H2,(H,21,24). The van der Waals surface area contributed by atoms with E-state index in [1.807, 2.05) is 18.2 Å². The molecule has 0 atom stereocenters. The van der Waals surface area contributed by atoms with Gasteiger partial charge in [-0.1, -0.05) is 29.4 Å². The number of hydrogen-bond donors (Lipinski definition) is 1. The first kappa shape index (κ1) is 19.4. The number of nitrogens with one attached hydrogen (secondary N) is 1. The van der Waals surface area contributed by atoms with Crippen LogP contribution in [0, 0.1) is 0 Å². The Balaban J connectivity index is 1.20. The van der Waals surface area contributed by atoms with Gasteiger partial charge in [0.15, 0.2) is 18.1 Å². The third-order valence-corrected chi connectivity index (χ3v) is 4.95. The second-order valence-corrected chi connectivity index (χ2v) is 7.32. The predicted molar refractivity (Wildman–Crippen MR) is 105 cm³/mol. The molecule has 1 aliphatic rings. The van der Waals surface area contributed by atoms with Crippen molar-refractivity contribution >= 4 is 29.3 Å². The summed E-state index contributed by atoms with van der Waals surface area (Å²) in [6.45, 7) is 0.740. The van der Waals surface area contributed by atoms with E-state index < -0.39 is 0 Å². The highest BCUT2D eigenvalue weighted by molar-refractivity contribution is 7.99. The second kappa shape index (κ2) is 9.06. The van der Waals surface area contributed by atoms with E-state index in [0.29, 0.717) is 39.9 Å².